The zero-order valence-electron chi connectivity index (χ0n) is 16.1. The molecule has 0 saturated carbocycles. The van der Waals surface area contributed by atoms with Gasteiger partial charge in [0.05, 0.1) is 6.04 Å². The highest BCUT2D eigenvalue weighted by Gasteiger charge is 2.26. The highest BCUT2D eigenvalue weighted by atomic mass is 16.2. The van der Waals surface area contributed by atoms with Gasteiger partial charge in [-0.3, -0.25) is 10.00 Å². The fourth-order valence-corrected chi connectivity index (χ4v) is 3.56. The van der Waals surface area contributed by atoms with Crippen molar-refractivity contribution in [1.82, 2.24) is 30.7 Å². The lowest BCUT2D eigenvalue weighted by molar-refractivity contribution is 0.228. The van der Waals surface area contributed by atoms with Crippen LogP contribution in [0.3, 0.4) is 0 Å². The molecule has 7 nitrogen and oxygen atoms in total. The smallest absolute Gasteiger partial charge is 0.315 e. The molecule has 1 aromatic heterocycles. The fourth-order valence-electron chi connectivity index (χ4n) is 3.56. The number of carbonyl (C=O) groups excluding carboxylic acids is 1. The Morgan fingerprint density at radius 3 is 2.71 bits per heavy atom. The molecule has 3 aromatic rings. The number of aromatic nitrogens is 3. The molecule has 3 N–H and O–H groups in total. The summed E-state index contributed by atoms with van der Waals surface area (Å²) >= 11 is 0. The molecular formula is C21H24N6O. The minimum Gasteiger partial charge on any atom is -0.336 e. The van der Waals surface area contributed by atoms with Gasteiger partial charge in [-0.1, -0.05) is 48.5 Å². The van der Waals surface area contributed by atoms with Crippen molar-refractivity contribution in [2.24, 2.45) is 0 Å². The Bertz CT molecular complexity index is 965. The number of H-pyrrole nitrogens is 1. The van der Waals surface area contributed by atoms with Crippen LogP contribution in [0.1, 0.15) is 28.6 Å². The first-order valence-electron chi connectivity index (χ1n) is 9.38. The second-order valence-corrected chi connectivity index (χ2v) is 7.13. The Hall–Kier alpha value is -3.19. The molecule has 4 rings (SSSR count). The van der Waals surface area contributed by atoms with Crippen LogP contribution in [0.4, 0.5) is 4.79 Å². The van der Waals surface area contributed by atoms with E-state index in [0.29, 0.717) is 18.9 Å². The van der Waals surface area contributed by atoms with Crippen LogP contribution in [0, 0.1) is 6.92 Å². The van der Waals surface area contributed by atoms with Crippen LogP contribution in [0.2, 0.25) is 0 Å². The molecule has 1 atom stereocenters. The zero-order valence-corrected chi connectivity index (χ0v) is 16.1. The molecule has 28 heavy (non-hydrogen) atoms. The molecule has 2 aromatic carbocycles. The van der Waals surface area contributed by atoms with Crippen LogP contribution >= 0.6 is 0 Å². The number of urea groups is 1. The number of aromatic amines is 1. The second-order valence-electron chi connectivity index (χ2n) is 7.13. The topological polar surface area (TPSA) is 85.9 Å². The maximum Gasteiger partial charge on any atom is 0.315 e. The van der Waals surface area contributed by atoms with Gasteiger partial charge in [-0.05, 0) is 30.7 Å². The van der Waals surface area contributed by atoms with Gasteiger partial charge >= 0.3 is 6.03 Å². The molecule has 144 valence electrons. The van der Waals surface area contributed by atoms with Crippen molar-refractivity contribution < 1.29 is 4.79 Å². The van der Waals surface area contributed by atoms with E-state index in [2.05, 4.69) is 62.0 Å². The first kappa shape index (κ1) is 18.2. The van der Waals surface area contributed by atoms with E-state index in [9.17, 15) is 4.79 Å². The predicted molar refractivity (Wildman–Crippen MR) is 107 cm³/mol. The lowest BCUT2D eigenvalue weighted by atomic mass is 10.1. The van der Waals surface area contributed by atoms with Crippen LogP contribution in [0.5, 0.6) is 0 Å². The van der Waals surface area contributed by atoms with Gasteiger partial charge in [0, 0.05) is 25.2 Å². The van der Waals surface area contributed by atoms with Crippen molar-refractivity contribution in [3.8, 4) is 11.4 Å². The molecule has 0 radical (unpaired) electrons. The number of likely N-dealkylation sites (N-methyl/N-ethyl adjacent to an activating group) is 1. The summed E-state index contributed by atoms with van der Waals surface area (Å²) in [5, 5.41) is 12.9. The predicted octanol–water partition coefficient (Wildman–Crippen LogP) is 2.77. The lowest BCUT2D eigenvalue weighted by Crippen LogP contribution is -2.39. The van der Waals surface area contributed by atoms with E-state index in [1.807, 2.05) is 31.2 Å². The number of nitrogens with zero attached hydrogens (tertiary/aromatic N) is 3. The van der Waals surface area contributed by atoms with E-state index in [4.69, 9.17) is 0 Å². The highest BCUT2D eigenvalue weighted by Crippen LogP contribution is 2.31. The molecule has 0 aliphatic carbocycles. The van der Waals surface area contributed by atoms with Crippen LogP contribution in [0.15, 0.2) is 48.5 Å². The van der Waals surface area contributed by atoms with Gasteiger partial charge in [-0.15, -0.1) is 0 Å². The number of carbonyl (C=O) groups is 1. The van der Waals surface area contributed by atoms with Gasteiger partial charge in [0.25, 0.3) is 0 Å². The molecule has 0 spiro atoms. The van der Waals surface area contributed by atoms with Crippen molar-refractivity contribution in [2.75, 3.05) is 13.6 Å². The molecule has 0 bridgehead atoms. The largest absolute Gasteiger partial charge is 0.336 e. The summed E-state index contributed by atoms with van der Waals surface area (Å²) in [7, 11) is 2.08. The van der Waals surface area contributed by atoms with Crippen molar-refractivity contribution in [2.45, 2.75) is 26.1 Å². The number of rotatable bonds is 5. The maximum absolute atomic E-state index is 12.2. The average molecular weight is 376 g/mol. The monoisotopic (exact) mass is 376 g/mol. The minimum atomic E-state index is -0.161. The van der Waals surface area contributed by atoms with Crippen molar-refractivity contribution in [3.63, 3.8) is 0 Å². The first-order chi connectivity index (χ1) is 13.6. The van der Waals surface area contributed by atoms with E-state index in [1.54, 1.807) is 0 Å². The molecule has 0 fully saturated rings. The summed E-state index contributed by atoms with van der Waals surface area (Å²) in [6.07, 6.45) is 0. The molecule has 2 amide bonds. The van der Waals surface area contributed by atoms with Gasteiger partial charge in [-0.2, -0.15) is 5.10 Å². The molecule has 1 aliphatic rings. The molecule has 7 heteroatoms. The normalized spacial score (nSPS) is 16.0. The van der Waals surface area contributed by atoms with Crippen LogP contribution < -0.4 is 10.6 Å². The number of hydrogen-bond donors (Lipinski definition) is 3. The summed E-state index contributed by atoms with van der Waals surface area (Å²) in [4.78, 5) is 18.8. The third-order valence-corrected chi connectivity index (χ3v) is 5.08. The van der Waals surface area contributed by atoms with E-state index in [0.717, 1.165) is 23.5 Å². The van der Waals surface area contributed by atoms with Gasteiger partial charge in [-0.25, -0.2) is 9.78 Å². The number of fused-ring (bicyclic) bond motifs is 1. The Labute approximate surface area is 164 Å². The van der Waals surface area contributed by atoms with Crippen LogP contribution in [-0.2, 0) is 13.1 Å². The first-order valence-corrected chi connectivity index (χ1v) is 9.38. The number of amides is 2. The standard InChI is InChI=1S/C21H24N6O/c1-14-24-20(26-25-14)16-9-7-15(8-10-16)11-22-21(28)23-12-19-18-6-4-3-5-17(18)13-27(19)2/h3-10,19H,11-13H2,1-2H3,(H2,22,23,28)(H,24,25,26). The summed E-state index contributed by atoms with van der Waals surface area (Å²) < 4.78 is 0. The Kier molecular flexibility index (Phi) is 5.08. The van der Waals surface area contributed by atoms with Gasteiger partial charge in [0.2, 0.25) is 0 Å². The van der Waals surface area contributed by atoms with Crippen LogP contribution in [0.25, 0.3) is 11.4 Å². The molecule has 0 saturated heterocycles. The molecular weight excluding hydrogens is 352 g/mol. The third-order valence-electron chi connectivity index (χ3n) is 5.08. The fraction of sp³-hybridized carbons (Fsp3) is 0.286. The molecule has 1 unspecified atom stereocenters. The summed E-state index contributed by atoms with van der Waals surface area (Å²) in [6.45, 7) is 3.84. The number of aryl methyl sites for hydroxylation is 1. The van der Waals surface area contributed by atoms with Gasteiger partial charge < -0.3 is 10.6 Å². The number of nitrogens with one attached hydrogen (secondary N) is 3. The average Bonchev–Trinajstić information content (AvgIpc) is 3.27. The van der Waals surface area contributed by atoms with Crippen molar-refractivity contribution in [1.29, 1.82) is 0 Å². The van der Waals surface area contributed by atoms with E-state index < -0.39 is 0 Å². The Balaban J connectivity index is 1.28. The highest BCUT2D eigenvalue weighted by molar-refractivity contribution is 5.74. The van der Waals surface area contributed by atoms with Crippen molar-refractivity contribution in [3.05, 3.63) is 71.0 Å². The van der Waals surface area contributed by atoms with E-state index in [-0.39, 0.29) is 12.1 Å². The SMILES string of the molecule is Cc1nc(-c2ccc(CNC(=O)NCC3c4ccccc4CN3C)cc2)n[nH]1. The number of benzene rings is 2. The third kappa shape index (κ3) is 3.89. The quantitative estimate of drug-likeness (QED) is 0.639. The number of hydrogen-bond acceptors (Lipinski definition) is 4. The summed E-state index contributed by atoms with van der Waals surface area (Å²) in [5.74, 6) is 1.46. The minimum absolute atomic E-state index is 0.161. The van der Waals surface area contributed by atoms with Gasteiger partial charge in [0.15, 0.2) is 5.82 Å². The zero-order chi connectivity index (χ0) is 19.5. The Morgan fingerprint density at radius 2 is 1.96 bits per heavy atom. The second kappa shape index (κ2) is 7.82. The van der Waals surface area contributed by atoms with E-state index in [1.165, 1.54) is 11.1 Å². The molecule has 1 aliphatic heterocycles. The van der Waals surface area contributed by atoms with Crippen LogP contribution in [-0.4, -0.2) is 39.7 Å². The van der Waals surface area contributed by atoms with Gasteiger partial charge in [0.1, 0.15) is 5.82 Å². The van der Waals surface area contributed by atoms with Crippen molar-refractivity contribution >= 4 is 6.03 Å². The summed E-state index contributed by atoms with van der Waals surface area (Å²) in [6, 6.07) is 16.3. The maximum atomic E-state index is 12.2. The summed E-state index contributed by atoms with van der Waals surface area (Å²) in [5.41, 5.74) is 4.59. The molecule has 2 heterocycles. The lowest BCUT2D eigenvalue weighted by Gasteiger charge is -2.21. The van der Waals surface area contributed by atoms with E-state index >= 15 is 0 Å². The Morgan fingerprint density at radius 1 is 1.18 bits per heavy atom.